The molecule has 0 aliphatic rings. The van der Waals surface area contributed by atoms with Crippen molar-refractivity contribution in [3.05, 3.63) is 32.0 Å². The molecule has 0 saturated heterocycles. The SMILES string of the molecule is N#Cc1c([N+](=O)[O-])cc(Br)nc1C(F)F. The number of nitrogens with zero attached hydrogens (tertiary/aromatic N) is 3. The van der Waals surface area contributed by atoms with Crippen molar-refractivity contribution in [2.75, 3.05) is 0 Å². The smallest absolute Gasteiger partial charge is 0.258 e. The molecule has 1 heterocycles. The van der Waals surface area contributed by atoms with Crippen molar-refractivity contribution in [1.82, 2.24) is 4.98 Å². The number of aromatic nitrogens is 1. The molecule has 5 nitrogen and oxygen atoms in total. The molecule has 1 aromatic heterocycles. The van der Waals surface area contributed by atoms with Gasteiger partial charge in [0.25, 0.3) is 12.1 Å². The van der Waals surface area contributed by atoms with Gasteiger partial charge in [-0.25, -0.2) is 13.8 Å². The highest BCUT2D eigenvalue weighted by molar-refractivity contribution is 9.10. The van der Waals surface area contributed by atoms with Gasteiger partial charge in [0.1, 0.15) is 16.4 Å². The zero-order valence-corrected chi connectivity index (χ0v) is 8.53. The van der Waals surface area contributed by atoms with E-state index < -0.39 is 28.3 Å². The molecule has 1 aromatic rings. The van der Waals surface area contributed by atoms with Crippen LogP contribution in [0.5, 0.6) is 0 Å². The van der Waals surface area contributed by atoms with Crippen molar-refractivity contribution in [1.29, 1.82) is 5.26 Å². The molecule has 15 heavy (non-hydrogen) atoms. The number of nitro groups is 1. The molecule has 0 fully saturated rings. The first kappa shape index (κ1) is 11.5. The van der Waals surface area contributed by atoms with E-state index in [-0.39, 0.29) is 4.60 Å². The Hall–Kier alpha value is -1.62. The van der Waals surface area contributed by atoms with Crippen molar-refractivity contribution < 1.29 is 13.7 Å². The number of hydrogen-bond donors (Lipinski definition) is 0. The maximum absolute atomic E-state index is 12.4. The van der Waals surface area contributed by atoms with Crippen LogP contribution < -0.4 is 0 Å². The topological polar surface area (TPSA) is 79.8 Å². The molecule has 0 unspecified atom stereocenters. The van der Waals surface area contributed by atoms with Crippen molar-refractivity contribution in [3.8, 4) is 6.07 Å². The molecule has 0 saturated carbocycles. The zero-order valence-electron chi connectivity index (χ0n) is 6.95. The average Bonchev–Trinajstić information content (AvgIpc) is 2.16. The first-order valence-corrected chi connectivity index (χ1v) is 4.29. The second kappa shape index (κ2) is 4.27. The molecule has 0 aromatic carbocycles. The fourth-order valence-electron chi connectivity index (χ4n) is 0.936. The highest BCUT2D eigenvalue weighted by atomic mass is 79.9. The Kier molecular flexibility index (Phi) is 3.26. The molecular weight excluding hydrogens is 276 g/mol. The van der Waals surface area contributed by atoms with Gasteiger partial charge in [0.2, 0.25) is 0 Å². The first-order valence-electron chi connectivity index (χ1n) is 3.50. The van der Waals surface area contributed by atoms with Crippen LogP contribution in [0.4, 0.5) is 14.5 Å². The van der Waals surface area contributed by atoms with Gasteiger partial charge in [0.15, 0.2) is 5.56 Å². The summed E-state index contributed by atoms with van der Waals surface area (Å²) in [5, 5.41) is 19.0. The highest BCUT2D eigenvalue weighted by Crippen LogP contribution is 2.29. The molecular formula is C7H2BrF2N3O2. The lowest BCUT2D eigenvalue weighted by Gasteiger charge is -2.02. The third-order valence-electron chi connectivity index (χ3n) is 1.51. The maximum Gasteiger partial charge on any atom is 0.291 e. The predicted molar refractivity (Wildman–Crippen MR) is 48.3 cm³/mol. The van der Waals surface area contributed by atoms with Crippen LogP contribution in [0.15, 0.2) is 10.7 Å². The number of halogens is 3. The summed E-state index contributed by atoms with van der Waals surface area (Å²) in [6, 6.07) is 2.26. The molecule has 8 heteroatoms. The van der Waals surface area contributed by atoms with E-state index >= 15 is 0 Å². The lowest BCUT2D eigenvalue weighted by atomic mass is 10.2. The summed E-state index contributed by atoms with van der Waals surface area (Å²) in [4.78, 5) is 12.9. The molecule has 0 amide bonds. The van der Waals surface area contributed by atoms with Crippen LogP contribution in [0.3, 0.4) is 0 Å². The van der Waals surface area contributed by atoms with Gasteiger partial charge in [-0.2, -0.15) is 5.26 Å². The molecule has 78 valence electrons. The Bertz CT molecular complexity index is 458. The van der Waals surface area contributed by atoms with E-state index in [0.717, 1.165) is 6.07 Å². The monoisotopic (exact) mass is 277 g/mol. The van der Waals surface area contributed by atoms with E-state index in [1.54, 1.807) is 0 Å². The molecule has 0 aliphatic heterocycles. The third kappa shape index (κ3) is 2.24. The quantitative estimate of drug-likeness (QED) is 0.473. The van der Waals surface area contributed by atoms with E-state index in [1.165, 1.54) is 6.07 Å². The van der Waals surface area contributed by atoms with Crippen LogP contribution in [-0.4, -0.2) is 9.91 Å². The fourth-order valence-corrected chi connectivity index (χ4v) is 1.34. The van der Waals surface area contributed by atoms with E-state index in [4.69, 9.17) is 5.26 Å². The zero-order chi connectivity index (χ0) is 11.6. The predicted octanol–water partition coefficient (Wildman–Crippen LogP) is 2.56. The van der Waals surface area contributed by atoms with E-state index in [1.807, 2.05) is 0 Å². The molecule has 1 rings (SSSR count). The van der Waals surface area contributed by atoms with Crippen molar-refractivity contribution in [2.45, 2.75) is 6.43 Å². The maximum atomic E-state index is 12.4. The Morgan fingerprint density at radius 3 is 2.67 bits per heavy atom. The van der Waals surface area contributed by atoms with Crippen LogP contribution >= 0.6 is 15.9 Å². The van der Waals surface area contributed by atoms with Gasteiger partial charge in [-0.15, -0.1) is 0 Å². The molecule has 0 aliphatic carbocycles. The third-order valence-corrected chi connectivity index (χ3v) is 1.92. The van der Waals surface area contributed by atoms with Crippen LogP contribution in [0.25, 0.3) is 0 Å². The highest BCUT2D eigenvalue weighted by Gasteiger charge is 2.25. The molecule has 0 bridgehead atoms. The summed E-state index contributed by atoms with van der Waals surface area (Å²) in [5.41, 5.74) is -2.29. The Labute approximate surface area is 90.6 Å². The van der Waals surface area contributed by atoms with Gasteiger partial charge in [-0.05, 0) is 15.9 Å². The van der Waals surface area contributed by atoms with Crippen LogP contribution in [0.1, 0.15) is 17.7 Å². The minimum absolute atomic E-state index is 0.108. The number of alkyl halides is 2. The minimum Gasteiger partial charge on any atom is -0.258 e. The standard InChI is InChI=1S/C7H2BrF2N3O2/c8-5-1-4(13(14)15)3(2-11)6(12-5)7(9)10/h1,7H. The van der Waals surface area contributed by atoms with Crippen molar-refractivity contribution in [3.63, 3.8) is 0 Å². The largest absolute Gasteiger partial charge is 0.291 e. The lowest BCUT2D eigenvalue weighted by Crippen LogP contribution is -2.01. The van der Waals surface area contributed by atoms with Crippen molar-refractivity contribution >= 4 is 21.6 Å². The second-order valence-electron chi connectivity index (χ2n) is 2.39. The summed E-state index contributed by atoms with van der Waals surface area (Å²) in [6.45, 7) is 0. The minimum atomic E-state index is -3.03. The number of nitriles is 1. The average molecular weight is 278 g/mol. The second-order valence-corrected chi connectivity index (χ2v) is 3.21. The van der Waals surface area contributed by atoms with Gasteiger partial charge in [-0.1, -0.05) is 0 Å². The number of rotatable bonds is 2. The Balaban J connectivity index is 3.54. The summed E-state index contributed by atoms with van der Waals surface area (Å²) < 4.78 is 24.7. The fraction of sp³-hybridized carbons (Fsp3) is 0.143. The van der Waals surface area contributed by atoms with Crippen molar-refractivity contribution in [2.24, 2.45) is 0 Å². The van der Waals surface area contributed by atoms with Crippen LogP contribution in [-0.2, 0) is 0 Å². The van der Waals surface area contributed by atoms with E-state index in [9.17, 15) is 18.9 Å². The summed E-state index contributed by atoms with van der Waals surface area (Å²) in [7, 11) is 0. The van der Waals surface area contributed by atoms with E-state index in [2.05, 4.69) is 20.9 Å². The normalized spacial score (nSPS) is 10.1. The van der Waals surface area contributed by atoms with Gasteiger partial charge in [0, 0.05) is 0 Å². The number of hydrogen-bond acceptors (Lipinski definition) is 4. The molecule has 0 N–H and O–H groups in total. The van der Waals surface area contributed by atoms with Gasteiger partial charge >= 0.3 is 0 Å². The Morgan fingerprint density at radius 2 is 2.27 bits per heavy atom. The van der Waals surface area contributed by atoms with Crippen LogP contribution in [0, 0.1) is 21.4 Å². The van der Waals surface area contributed by atoms with Gasteiger partial charge in [0.05, 0.1) is 11.0 Å². The Morgan fingerprint density at radius 1 is 1.67 bits per heavy atom. The van der Waals surface area contributed by atoms with E-state index in [0.29, 0.717) is 0 Å². The molecule has 0 radical (unpaired) electrons. The van der Waals surface area contributed by atoms with Gasteiger partial charge < -0.3 is 0 Å². The summed E-state index contributed by atoms with van der Waals surface area (Å²) >= 11 is 2.75. The lowest BCUT2D eigenvalue weighted by molar-refractivity contribution is -0.385. The molecule has 0 spiro atoms. The van der Waals surface area contributed by atoms with Crippen LogP contribution in [0.2, 0.25) is 0 Å². The number of pyridine rings is 1. The summed E-state index contributed by atoms with van der Waals surface area (Å²) in [5.74, 6) is 0. The summed E-state index contributed by atoms with van der Waals surface area (Å²) in [6.07, 6.45) is -3.03. The first-order chi connectivity index (χ1) is 6.97. The van der Waals surface area contributed by atoms with Gasteiger partial charge in [-0.3, -0.25) is 10.1 Å². The molecule has 0 atom stereocenters.